The van der Waals surface area contributed by atoms with Gasteiger partial charge in [0.2, 0.25) is 0 Å². The van der Waals surface area contributed by atoms with Crippen molar-refractivity contribution in [3.05, 3.63) is 11.1 Å². The van der Waals surface area contributed by atoms with Crippen LogP contribution in [0.3, 0.4) is 0 Å². The number of carbonyl (C=O) groups is 1. The third-order valence-corrected chi connectivity index (χ3v) is 3.57. The van der Waals surface area contributed by atoms with Crippen LogP contribution in [0.4, 0.5) is 5.13 Å². The number of nitrogens with one attached hydrogen (secondary N) is 1. The van der Waals surface area contributed by atoms with Crippen LogP contribution in [-0.2, 0) is 16.0 Å². The predicted molar refractivity (Wildman–Crippen MR) is 70.4 cm³/mol. The zero-order valence-corrected chi connectivity index (χ0v) is 11.9. The number of hydrogen-bond donors (Lipinski definition) is 1. The summed E-state index contributed by atoms with van der Waals surface area (Å²) in [5.74, 6) is -0.259. The maximum atomic E-state index is 11.1. The van der Waals surface area contributed by atoms with Crippen molar-refractivity contribution in [2.75, 3.05) is 12.4 Å². The molecule has 0 amide bonds. The van der Waals surface area contributed by atoms with E-state index in [1.54, 1.807) is 0 Å². The Labute approximate surface area is 106 Å². The number of esters is 1. The minimum atomic E-state index is -0.259. The molecule has 0 saturated carbocycles. The fourth-order valence-electron chi connectivity index (χ4n) is 1.08. The lowest BCUT2D eigenvalue weighted by atomic mass is 9.88. The van der Waals surface area contributed by atoms with Gasteiger partial charge in [0.15, 0.2) is 5.13 Å². The molecule has 0 aliphatic carbocycles. The minimum Gasteiger partial charge on any atom is -0.469 e. The zero-order chi connectivity index (χ0) is 13.1. The smallest absolute Gasteiger partial charge is 0.311 e. The van der Waals surface area contributed by atoms with Gasteiger partial charge in [-0.3, -0.25) is 4.79 Å². The summed E-state index contributed by atoms with van der Waals surface area (Å²) in [6.07, 6.45) is 0.235. The van der Waals surface area contributed by atoms with Gasteiger partial charge in [-0.25, -0.2) is 4.98 Å². The van der Waals surface area contributed by atoms with E-state index in [-0.39, 0.29) is 17.8 Å². The molecule has 4 nitrogen and oxygen atoms in total. The van der Waals surface area contributed by atoms with Gasteiger partial charge in [0, 0.05) is 11.4 Å². The first-order valence-electron chi connectivity index (χ1n) is 5.60. The largest absolute Gasteiger partial charge is 0.469 e. The second kappa shape index (κ2) is 5.49. The van der Waals surface area contributed by atoms with E-state index in [0.29, 0.717) is 6.04 Å². The van der Waals surface area contributed by atoms with Crippen molar-refractivity contribution in [3.8, 4) is 0 Å². The van der Waals surface area contributed by atoms with Crippen LogP contribution in [0.1, 0.15) is 33.4 Å². The van der Waals surface area contributed by atoms with Crippen LogP contribution >= 0.6 is 11.3 Å². The van der Waals surface area contributed by atoms with Crippen LogP contribution in [-0.4, -0.2) is 24.1 Å². The molecular weight excluding hydrogens is 236 g/mol. The number of anilines is 1. The van der Waals surface area contributed by atoms with Gasteiger partial charge in [0.25, 0.3) is 0 Å². The molecule has 17 heavy (non-hydrogen) atoms. The van der Waals surface area contributed by atoms with Gasteiger partial charge in [-0.1, -0.05) is 20.8 Å². The van der Waals surface area contributed by atoms with Crippen LogP contribution in [0.25, 0.3) is 0 Å². The predicted octanol–water partition coefficient (Wildman–Crippen LogP) is 2.71. The molecule has 1 unspecified atom stereocenters. The third-order valence-electron chi connectivity index (χ3n) is 2.74. The van der Waals surface area contributed by atoms with Crippen molar-refractivity contribution >= 4 is 22.4 Å². The lowest BCUT2D eigenvalue weighted by Gasteiger charge is -2.27. The van der Waals surface area contributed by atoms with Gasteiger partial charge < -0.3 is 10.1 Å². The number of ether oxygens (including phenoxy) is 1. The Bertz CT molecular complexity index is 382. The summed E-state index contributed by atoms with van der Waals surface area (Å²) in [4.78, 5) is 15.5. The summed E-state index contributed by atoms with van der Waals surface area (Å²) in [5.41, 5.74) is 0.930. The van der Waals surface area contributed by atoms with Crippen LogP contribution < -0.4 is 5.32 Å². The fraction of sp³-hybridized carbons (Fsp3) is 0.667. The summed E-state index contributed by atoms with van der Waals surface area (Å²) < 4.78 is 4.60. The Kier molecular flexibility index (Phi) is 4.51. The van der Waals surface area contributed by atoms with E-state index in [4.69, 9.17) is 0 Å². The van der Waals surface area contributed by atoms with Gasteiger partial charge in [-0.2, -0.15) is 0 Å². The van der Waals surface area contributed by atoms with Gasteiger partial charge >= 0.3 is 5.97 Å². The van der Waals surface area contributed by atoms with Crippen molar-refractivity contribution in [2.24, 2.45) is 5.41 Å². The molecule has 1 N–H and O–H groups in total. The highest BCUT2D eigenvalue weighted by Gasteiger charge is 2.20. The highest BCUT2D eigenvalue weighted by atomic mass is 32.1. The molecule has 1 aromatic heterocycles. The van der Waals surface area contributed by atoms with Crippen molar-refractivity contribution in [2.45, 2.75) is 40.2 Å². The van der Waals surface area contributed by atoms with E-state index < -0.39 is 0 Å². The standard InChI is InChI=1S/C12H20N2O2S/c1-8(12(2,3)4)13-11-14-9(7-17-11)6-10(15)16-5/h7-8H,6H2,1-5H3,(H,13,14). The molecule has 1 heterocycles. The molecule has 1 aromatic rings. The molecule has 0 saturated heterocycles. The average molecular weight is 256 g/mol. The molecule has 0 spiro atoms. The molecular formula is C12H20N2O2S. The average Bonchev–Trinajstić information content (AvgIpc) is 2.64. The van der Waals surface area contributed by atoms with E-state index in [0.717, 1.165) is 10.8 Å². The SMILES string of the molecule is COC(=O)Cc1csc(NC(C)C(C)(C)C)n1. The Balaban J connectivity index is 2.60. The second-order valence-electron chi connectivity index (χ2n) is 5.13. The number of hydrogen-bond acceptors (Lipinski definition) is 5. The Hall–Kier alpha value is -1.10. The highest BCUT2D eigenvalue weighted by molar-refractivity contribution is 7.13. The number of rotatable bonds is 4. The van der Waals surface area contributed by atoms with Crippen LogP contribution in [0.5, 0.6) is 0 Å². The zero-order valence-electron chi connectivity index (χ0n) is 11.0. The normalized spacial score (nSPS) is 13.2. The fourth-order valence-corrected chi connectivity index (χ4v) is 1.87. The van der Waals surface area contributed by atoms with Crippen molar-refractivity contribution < 1.29 is 9.53 Å². The third kappa shape index (κ3) is 4.34. The molecule has 0 bridgehead atoms. The molecule has 0 aromatic carbocycles. The highest BCUT2D eigenvalue weighted by Crippen LogP contribution is 2.24. The van der Waals surface area contributed by atoms with Gasteiger partial charge in [-0.05, 0) is 12.3 Å². The van der Waals surface area contributed by atoms with Gasteiger partial charge in [0.05, 0.1) is 19.2 Å². The van der Waals surface area contributed by atoms with Crippen LogP contribution in [0.15, 0.2) is 5.38 Å². The maximum absolute atomic E-state index is 11.1. The van der Waals surface area contributed by atoms with Crippen molar-refractivity contribution in [1.82, 2.24) is 4.98 Å². The van der Waals surface area contributed by atoms with E-state index in [1.165, 1.54) is 18.4 Å². The molecule has 1 atom stereocenters. The van der Waals surface area contributed by atoms with E-state index in [2.05, 4.69) is 42.7 Å². The number of nitrogens with zero attached hydrogens (tertiary/aromatic N) is 1. The number of carbonyl (C=O) groups excluding carboxylic acids is 1. The van der Waals surface area contributed by atoms with Gasteiger partial charge in [0.1, 0.15) is 0 Å². The summed E-state index contributed by atoms with van der Waals surface area (Å²) in [7, 11) is 1.38. The Morgan fingerprint density at radius 1 is 1.59 bits per heavy atom. The molecule has 1 rings (SSSR count). The molecule has 0 aliphatic rings. The number of thiazole rings is 1. The quantitative estimate of drug-likeness (QED) is 0.842. The summed E-state index contributed by atoms with van der Waals surface area (Å²) in [5, 5.41) is 6.09. The molecule has 96 valence electrons. The number of methoxy groups -OCH3 is 1. The van der Waals surface area contributed by atoms with E-state index >= 15 is 0 Å². The Morgan fingerprint density at radius 3 is 2.76 bits per heavy atom. The monoisotopic (exact) mass is 256 g/mol. The second-order valence-corrected chi connectivity index (χ2v) is 5.99. The van der Waals surface area contributed by atoms with Crippen molar-refractivity contribution in [3.63, 3.8) is 0 Å². The Morgan fingerprint density at radius 2 is 2.24 bits per heavy atom. The van der Waals surface area contributed by atoms with Crippen LogP contribution in [0, 0.1) is 5.41 Å². The van der Waals surface area contributed by atoms with Crippen molar-refractivity contribution in [1.29, 1.82) is 0 Å². The first kappa shape index (κ1) is 14.0. The lowest BCUT2D eigenvalue weighted by Crippen LogP contribution is -2.30. The molecule has 0 aliphatic heterocycles. The van der Waals surface area contributed by atoms with E-state index in [9.17, 15) is 4.79 Å². The topological polar surface area (TPSA) is 51.2 Å². The van der Waals surface area contributed by atoms with Gasteiger partial charge in [-0.15, -0.1) is 11.3 Å². The molecule has 0 radical (unpaired) electrons. The summed E-state index contributed by atoms with van der Waals surface area (Å²) >= 11 is 1.52. The van der Waals surface area contributed by atoms with Crippen LogP contribution in [0.2, 0.25) is 0 Å². The molecule has 0 fully saturated rings. The first-order chi connectivity index (χ1) is 7.82. The van der Waals surface area contributed by atoms with E-state index in [1.807, 2.05) is 5.38 Å². The first-order valence-corrected chi connectivity index (χ1v) is 6.48. The maximum Gasteiger partial charge on any atom is 0.311 e. The minimum absolute atomic E-state index is 0.175. The summed E-state index contributed by atoms with van der Waals surface area (Å²) in [6.45, 7) is 8.65. The number of aromatic nitrogens is 1. The molecule has 5 heteroatoms. The summed E-state index contributed by atoms with van der Waals surface area (Å²) in [6, 6.07) is 0.319. The lowest BCUT2D eigenvalue weighted by molar-refractivity contribution is -0.139.